The zero-order valence-electron chi connectivity index (χ0n) is 23.4. The van der Waals surface area contributed by atoms with E-state index in [4.69, 9.17) is 11.6 Å². The Bertz CT molecular complexity index is 1300. The second-order valence-electron chi connectivity index (χ2n) is 11.6. The molecular formula is C30H37ClF3N5O2. The lowest BCUT2D eigenvalue weighted by molar-refractivity contribution is -0.147. The first kappa shape index (κ1) is 29.7. The maximum Gasteiger partial charge on any atom is 0.433 e. The molecule has 1 aromatic carbocycles. The quantitative estimate of drug-likeness (QED) is 0.307. The van der Waals surface area contributed by atoms with Gasteiger partial charge in [0.1, 0.15) is 16.7 Å². The number of likely N-dealkylation sites (tertiary alicyclic amines) is 1. The van der Waals surface area contributed by atoms with E-state index in [9.17, 15) is 23.1 Å². The molecule has 2 saturated heterocycles. The minimum Gasteiger partial charge on any atom is -0.478 e. The van der Waals surface area contributed by atoms with E-state index in [-0.39, 0.29) is 0 Å². The first-order valence-corrected chi connectivity index (χ1v) is 14.6. The molecule has 3 heterocycles. The summed E-state index contributed by atoms with van der Waals surface area (Å²) in [6.07, 6.45) is 1.48. The van der Waals surface area contributed by atoms with E-state index in [1.165, 1.54) is 0 Å². The number of alkyl halides is 4. The van der Waals surface area contributed by atoms with Gasteiger partial charge in [0.2, 0.25) is 0 Å². The molecule has 2 unspecified atom stereocenters. The van der Waals surface area contributed by atoms with Crippen LogP contribution < -0.4 is 0 Å². The fourth-order valence-electron chi connectivity index (χ4n) is 6.38. The lowest BCUT2D eigenvalue weighted by Crippen LogP contribution is -2.55. The van der Waals surface area contributed by atoms with Crippen molar-refractivity contribution in [3.05, 3.63) is 71.2 Å². The average Bonchev–Trinajstić information content (AvgIpc) is 3.40. The first-order valence-electron chi connectivity index (χ1n) is 14.3. The molecule has 2 aromatic rings. The van der Waals surface area contributed by atoms with Crippen LogP contribution in [0, 0.1) is 5.92 Å². The number of piperazine rings is 1. The van der Waals surface area contributed by atoms with Crippen LogP contribution in [0.3, 0.4) is 0 Å². The van der Waals surface area contributed by atoms with Crippen molar-refractivity contribution in [3.8, 4) is 0 Å². The highest BCUT2D eigenvalue weighted by molar-refractivity contribution is 6.25. The minimum atomic E-state index is -4.87. The molecule has 1 N–H and O–H groups in total. The van der Waals surface area contributed by atoms with E-state index >= 15 is 0 Å². The first-order chi connectivity index (χ1) is 19.5. The Balaban J connectivity index is 1.53. The smallest absolute Gasteiger partial charge is 0.433 e. The summed E-state index contributed by atoms with van der Waals surface area (Å²) in [6, 6.07) is 9.78. The fourth-order valence-corrected chi connectivity index (χ4v) is 6.74. The van der Waals surface area contributed by atoms with E-state index in [0.717, 1.165) is 66.9 Å². The monoisotopic (exact) mass is 591 g/mol. The molecule has 0 spiro atoms. The Hall–Kier alpha value is -2.82. The maximum absolute atomic E-state index is 14.2. The van der Waals surface area contributed by atoms with Crippen LogP contribution in [0.2, 0.25) is 0 Å². The third-order valence-electron chi connectivity index (χ3n) is 8.23. The lowest BCUT2D eigenvalue weighted by atomic mass is 9.90. The number of nitrogens with zero attached hydrogens (tertiary/aromatic N) is 5. The van der Waals surface area contributed by atoms with Crippen LogP contribution in [0.15, 0.2) is 54.4 Å². The van der Waals surface area contributed by atoms with Gasteiger partial charge >= 0.3 is 12.1 Å². The molecule has 1 aliphatic carbocycles. The molecule has 222 valence electrons. The van der Waals surface area contributed by atoms with Crippen molar-refractivity contribution >= 4 is 23.1 Å². The van der Waals surface area contributed by atoms with Gasteiger partial charge in [0, 0.05) is 57.0 Å². The molecule has 2 aliphatic heterocycles. The SMILES string of the molecule is CC(C)CN1CCN(C2(Cl)C=CC(c3ccccc3)=C(N3CCCCC3n3ncc(C(=O)O)c3C(F)(F)F)C2)CC1. The Morgan fingerprint density at radius 2 is 1.83 bits per heavy atom. The standard InChI is InChI=1S/C30H37ClF3N5O2/c1-21(2)20-36-14-16-37(17-15-36)29(31)12-11-23(22-8-4-3-5-9-22)25(18-29)38-13-7-6-10-26(38)39-27(30(32,33)34)24(19-35-39)28(40)41/h3-5,8-9,11-12,19,21,26H,6-7,10,13-18,20H2,1-2H3,(H,40,41). The number of benzene rings is 1. The number of rotatable bonds is 7. The highest BCUT2D eigenvalue weighted by Gasteiger charge is 2.45. The number of halogens is 4. The average molecular weight is 592 g/mol. The summed E-state index contributed by atoms with van der Waals surface area (Å²) in [5.74, 6) is -1.07. The van der Waals surface area contributed by atoms with Crippen LogP contribution >= 0.6 is 11.6 Å². The van der Waals surface area contributed by atoms with Crippen molar-refractivity contribution in [2.75, 3.05) is 39.3 Å². The molecule has 3 aliphatic rings. The summed E-state index contributed by atoms with van der Waals surface area (Å²) in [5, 5.41) is 13.5. The number of carboxylic acid groups (broad SMARTS) is 1. The van der Waals surface area contributed by atoms with Gasteiger partial charge in [-0.05, 0) is 36.8 Å². The molecule has 5 rings (SSSR count). The summed E-state index contributed by atoms with van der Waals surface area (Å²) in [6.45, 7) is 9.34. The molecule has 41 heavy (non-hydrogen) atoms. The van der Waals surface area contributed by atoms with Crippen LogP contribution in [0.1, 0.15) is 67.3 Å². The van der Waals surface area contributed by atoms with Crippen molar-refractivity contribution < 1.29 is 23.1 Å². The number of aromatic nitrogens is 2. The van der Waals surface area contributed by atoms with E-state index in [1.54, 1.807) is 0 Å². The third-order valence-corrected chi connectivity index (χ3v) is 8.73. The minimum absolute atomic E-state index is 0.405. The number of hydrogen-bond acceptors (Lipinski definition) is 5. The van der Waals surface area contributed by atoms with Gasteiger partial charge in [0.15, 0.2) is 5.69 Å². The Kier molecular flexibility index (Phi) is 8.55. The Labute approximate surface area is 243 Å². The van der Waals surface area contributed by atoms with Gasteiger partial charge < -0.3 is 14.9 Å². The van der Waals surface area contributed by atoms with E-state index < -0.39 is 34.6 Å². The maximum atomic E-state index is 14.2. The molecule has 7 nitrogen and oxygen atoms in total. The predicted molar refractivity (Wildman–Crippen MR) is 152 cm³/mol. The predicted octanol–water partition coefficient (Wildman–Crippen LogP) is 6.16. The molecule has 2 fully saturated rings. The lowest BCUT2D eigenvalue weighted by Gasteiger charge is -2.48. The van der Waals surface area contributed by atoms with Gasteiger partial charge in [0.25, 0.3) is 0 Å². The van der Waals surface area contributed by atoms with Crippen molar-refractivity contribution in [3.63, 3.8) is 0 Å². The zero-order chi connectivity index (χ0) is 29.4. The highest BCUT2D eigenvalue weighted by Crippen LogP contribution is 2.45. The van der Waals surface area contributed by atoms with Gasteiger partial charge in [-0.2, -0.15) is 18.3 Å². The molecule has 11 heteroatoms. The summed E-state index contributed by atoms with van der Waals surface area (Å²) < 4.78 is 43.6. The molecular weight excluding hydrogens is 555 g/mol. The van der Waals surface area contributed by atoms with Gasteiger partial charge in [0.05, 0.1) is 6.20 Å². The summed E-state index contributed by atoms with van der Waals surface area (Å²) >= 11 is 7.40. The normalized spacial score (nSPS) is 24.9. The van der Waals surface area contributed by atoms with Crippen LogP contribution in [-0.4, -0.2) is 79.8 Å². The molecule has 1 aromatic heterocycles. The van der Waals surface area contributed by atoms with Crippen molar-refractivity contribution in [1.82, 2.24) is 24.5 Å². The van der Waals surface area contributed by atoms with Gasteiger partial charge in [-0.3, -0.25) is 4.90 Å². The van der Waals surface area contributed by atoms with Crippen LogP contribution in [0.5, 0.6) is 0 Å². The van der Waals surface area contributed by atoms with Gasteiger partial charge in [-0.25, -0.2) is 9.48 Å². The Morgan fingerprint density at radius 1 is 1.12 bits per heavy atom. The Morgan fingerprint density at radius 3 is 2.46 bits per heavy atom. The summed E-state index contributed by atoms with van der Waals surface area (Å²) in [4.78, 5) is 17.6. The van der Waals surface area contributed by atoms with Gasteiger partial charge in [-0.1, -0.05) is 61.9 Å². The van der Waals surface area contributed by atoms with E-state index in [1.807, 2.05) is 47.4 Å². The van der Waals surface area contributed by atoms with Crippen molar-refractivity contribution in [2.45, 2.75) is 56.9 Å². The molecule has 0 bridgehead atoms. The number of hydrogen-bond donors (Lipinski definition) is 1. The molecule has 2 atom stereocenters. The largest absolute Gasteiger partial charge is 0.478 e. The van der Waals surface area contributed by atoms with Gasteiger partial charge in [-0.15, -0.1) is 0 Å². The number of carbonyl (C=O) groups is 1. The topological polar surface area (TPSA) is 64.8 Å². The summed E-state index contributed by atoms with van der Waals surface area (Å²) in [5.41, 5.74) is 0.643. The number of piperidine rings is 1. The summed E-state index contributed by atoms with van der Waals surface area (Å²) in [7, 11) is 0. The highest BCUT2D eigenvalue weighted by atomic mass is 35.5. The molecule has 0 saturated carbocycles. The number of carboxylic acids is 1. The van der Waals surface area contributed by atoms with Crippen LogP contribution in [0.25, 0.3) is 5.57 Å². The molecule has 0 radical (unpaired) electrons. The van der Waals surface area contributed by atoms with Crippen LogP contribution in [-0.2, 0) is 6.18 Å². The van der Waals surface area contributed by atoms with Crippen molar-refractivity contribution in [1.29, 1.82) is 0 Å². The van der Waals surface area contributed by atoms with Crippen LogP contribution in [0.4, 0.5) is 13.2 Å². The number of allylic oxidation sites excluding steroid dienone is 2. The fraction of sp³-hybridized carbons (Fsp3) is 0.533. The molecule has 0 amide bonds. The second-order valence-corrected chi connectivity index (χ2v) is 12.2. The number of aromatic carboxylic acids is 1. The third kappa shape index (κ3) is 6.20. The second kappa shape index (κ2) is 11.8. The van der Waals surface area contributed by atoms with E-state index in [0.29, 0.717) is 31.7 Å². The van der Waals surface area contributed by atoms with E-state index in [2.05, 4.69) is 28.7 Å². The zero-order valence-corrected chi connectivity index (χ0v) is 24.2. The van der Waals surface area contributed by atoms with Crippen molar-refractivity contribution in [2.24, 2.45) is 5.92 Å².